The molecule has 0 radical (unpaired) electrons. The van der Waals surface area contributed by atoms with Gasteiger partial charge in [-0.15, -0.1) is 0 Å². The SMILES string of the molecule is N[C@@H](Cc1ccccc1)C(=O)NCCc1ccccc1. The van der Waals surface area contributed by atoms with Gasteiger partial charge < -0.3 is 11.1 Å². The first-order valence-electron chi connectivity index (χ1n) is 6.87. The number of nitrogens with one attached hydrogen (secondary N) is 1. The minimum Gasteiger partial charge on any atom is -0.354 e. The highest BCUT2D eigenvalue weighted by Gasteiger charge is 2.13. The summed E-state index contributed by atoms with van der Waals surface area (Å²) in [5.41, 5.74) is 8.21. The summed E-state index contributed by atoms with van der Waals surface area (Å²) in [4.78, 5) is 11.9. The third kappa shape index (κ3) is 4.52. The van der Waals surface area contributed by atoms with Gasteiger partial charge in [-0.1, -0.05) is 60.7 Å². The Morgan fingerprint density at radius 3 is 2.10 bits per heavy atom. The van der Waals surface area contributed by atoms with Crippen LogP contribution in [0.3, 0.4) is 0 Å². The number of benzene rings is 2. The van der Waals surface area contributed by atoms with Crippen LogP contribution in [0.5, 0.6) is 0 Å². The Kier molecular flexibility index (Phi) is 5.33. The molecule has 0 aromatic heterocycles. The van der Waals surface area contributed by atoms with Crippen molar-refractivity contribution in [2.24, 2.45) is 5.73 Å². The van der Waals surface area contributed by atoms with Crippen LogP contribution in [0.15, 0.2) is 60.7 Å². The van der Waals surface area contributed by atoms with Crippen molar-refractivity contribution in [1.82, 2.24) is 5.32 Å². The van der Waals surface area contributed by atoms with Crippen molar-refractivity contribution in [2.45, 2.75) is 18.9 Å². The molecule has 0 saturated heterocycles. The van der Waals surface area contributed by atoms with Crippen LogP contribution in [-0.2, 0) is 17.6 Å². The van der Waals surface area contributed by atoms with Gasteiger partial charge in [-0.25, -0.2) is 0 Å². The molecule has 0 bridgehead atoms. The van der Waals surface area contributed by atoms with Gasteiger partial charge in [0.15, 0.2) is 0 Å². The lowest BCUT2D eigenvalue weighted by Gasteiger charge is -2.12. The zero-order chi connectivity index (χ0) is 14.2. The maximum atomic E-state index is 11.9. The molecule has 1 atom stereocenters. The molecule has 0 saturated carbocycles. The molecule has 3 nitrogen and oxygen atoms in total. The van der Waals surface area contributed by atoms with Gasteiger partial charge in [-0.2, -0.15) is 0 Å². The van der Waals surface area contributed by atoms with Crippen molar-refractivity contribution in [3.63, 3.8) is 0 Å². The van der Waals surface area contributed by atoms with Crippen molar-refractivity contribution >= 4 is 5.91 Å². The molecule has 0 fully saturated rings. The monoisotopic (exact) mass is 268 g/mol. The number of nitrogens with two attached hydrogens (primary N) is 1. The van der Waals surface area contributed by atoms with Gasteiger partial charge in [0.25, 0.3) is 0 Å². The van der Waals surface area contributed by atoms with E-state index in [0.717, 1.165) is 12.0 Å². The molecule has 0 heterocycles. The van der Waals surface area contributed by atoms with Gasteiger partial charge in [0.1, 0.15) is 0 Å². The summed E-state index contributed by atoms with van der Waals surface area (Å²) in [6, 6.07) is 19.4. The topological polar surface area (TPSA) is 55.1 Å². The number of amides is 1. The molecule has 0 aliphatic carbocycles. The zero-order valence-corrected chi connectivity index (χ0v) is 11.5. The fraction of sp³-hybridized carbons (Fsp3) is 0.235. The summed E-state index contributed by atoms with van der Waals surface area (Å²) in [6.07, 6.45) is 1.39. The van der Waals surface area contributed by atoms with E-state index in [2.05, 4.69) is 17.4 Å². The number of carbonyl (C=O) groups is 1. The molecule has 3 N–H and O–H groups in total. The molecule has 1 amide bonds. The summed E-state index contributed by atoms with van der Waals surface area (Å²) in [7, 11) is 0. The molecule has 104 valence electrons. The van der Waals surface area contributed by atoms with Crippen LogP contribution < -0.4 is 11.1 Å². The van der Waals surface area contributed by atoms with Gasteiger partial charge >= 0.3 is 0 Å². The predicted molar refractivity (Wildman–Crippen MR) is 81.3 cm³/mol. The van der Waals surface area contributed by atoms with Crippen LogP contribution in [0.1, 0.15) is 11.1 Å². The van der Waals surface area contributed by atoms with E-state index < -0.39 is 6.04 Å². The first kappa shape index (κ1) is 14.3. The fourth-order valence-electron chi connectivity index (χ4n) is 2.07. The van der Waals surface area contributed by atoms with Gasteiger partial charge in [0, 0.05) is 6.54 Å². The molecule has 0 spiro atoms. The second-order valence-corrected chi connectivity index (χ2v) is 4.82. The number of hydrogen-bond acceptors (Lipinski definition) is 2. The van der Waals surface area contributed by atoms with Crippen molar-refractivity contribution in [3.8, 4) is 0 Å². The molecular formula is C17H20N2O. The Morgan fingerprint density at radius 2 is 1.50 bits per heavy atom. The third-order valence-corrected chi connectivity index (χ3v) is 3.19. The van der Waals surface area contributed by atoms with Gasteiger partial charge in [-0.3, -0.25) is 4.79 Å². The molecule has 2 aromatic carbocycles. The van der Waals surface area contributed by atoms with Crippen LogP contribution >= 0.6 is 0 Å². The van der Waals surface area contributed by atoms with E-state index in [1.807, 2.05) is 48.5 Å². The quantitative estimate of drug-likeness (QED) is 0.841. The molecule has 0 aliphatic rings. The van der Waals surface area contributed by atoms with E-state index in [1.54, 1.807) is 0 Å². The van der Waals surface area contributed by atoms with E-state index in [9.17, 15) is 4.79 Å². The van der Waals surface area contributed by atoms with E-state index in [-0.39, 0.29) is 5.91 Å². The third-order valence-electron chi connectivity index (χ3n) is 3.19. The van der Waals surface area contributed by atoms with Crippen molar-refractivity contribution in [3.05, 3.63) is 71.8 Å². The lowest BCUT2D eigenvalue weighted by molar-refractivity contribution is -0.122. The molecular weight excluding hydrogens is 248 g/mol. The summed E-state index contributed by atoms with van der Waals surface area (Å²) >= 11 is 0. The number of rotatable bonds is 6. The predicted octanol–water partition coefficient (Wildman–Crippen LogP) is 1.92. The largest absolute Gasteiger partial charge is 0.354 e. The molecule has 0 aliphatic heterocycles. The Labute approximate surface area is 119 Å². The second-order valence-electron chi connectivity index (χ2n) is 4.82. The zero-order valence-electron chi connectivity index (χ0n) is 11.5. The summed E-state index contributed by atoms with van der Waals surface area (Å²) < 4.78 is 0. The van der Waals surface area contributed by atoms with Crippen molar-refractivity contribution in [1.29, 1.82) is 0 Å². The summed E-state index contributed by atoms with van der Waals surface area (Å²) in [5, 5.41) is 2.89. The van der Waals surface area contributed by atoms with Gasteiger partial charge in [0.2, 0.25) is 5.91 Å². The average molecular weight is 268 g/mol. The van der Waals surface area contributed by atoms with Gasteiger partial charge in [-0.05, 0) is 24.0 Å². The summed E-state index contributed by atoms with van der Waals surface area (Å²) in [6.45, 7) is 0.616. The van der Waals surface area contributed by atoms with Crippen LogP contribution in [-0.4, -0.2) is 18.5 Å². The van der Waals surface area contributed by atoms with E-state index in [1.165, 1.54) is 5.56 Å². The Balaban J connectivity index is 1.74. The van der Waals surface area contributed by atoms with Gasteiger partial charge in [0.05, 0.1) is 6.04 Å². The number of hydrogen-bond donors (Lipinski definition) is 2. The van der Waals surface area contributed by atoms with E-state index in [0.29, 0.717) is 13.0 Å². The second kappa shape index (κ2) is 7.46. The van der Waals surface area contributed by atoms with Crippen LogP contribution in [0.2, 0.25) is 0 Å². The molecule has 2 aromatic rings. The van der Waals surface area contributed by atoms with Crippen LogP contribution in [0.4, 0.5) is 0 Å². The maximum absolute atomic E-state index is 11.9. The van der Waals surface area contributed by atoms with E-state index >= 15 is 0 Å². The Bertz CT molecular complexity index is 525. The Morgan fingerprint density at radius 1 is 0.950 bits per heavy atom. The maximum Gasteiger partial charge on any atom is 0.237 e. The number of carbonyl (C=O) groups excluding carboxylic acids is 1. The Hall–Kier alpha value is -2.13. The van der Waals surface area contributed by atoms with Crippen LogP contribution in [0, 0.1) is 0 Å². The highest BCUT2D eigenvalue weighted by molar-refractivity contribution is 5.81. The molecule has 20 heavy (non-hydrogen) atoms. The van der Waals surface area contributed by atoms with Crippen LogP contribution in [0.25, 0.3) is 0 Å². The van der Waals surface area contributed by atoms with Crippen molar-refractivity contribution < 1.29 is 4.79 Å². The highest BCUT2D eigenvalue weighted by atomic mass is 16.2. The lowest BCUT2D eigenvalue weighted by Crippen LogP contribution is -2.42. The first-order valence-corrected chi connectivity index (χ1v) is 6.87. The minimum absolute atomic E-state index is 0.0928. The smallest absolute Gasteiger partial charge is 0.237 e. The molecule has 3 heteroatoms. The average Bonchev–Trinajstić information content (AvgIpc) is 2.49. The molecule has 2 rings (SSSR count). The fourth-order valence-corrected chi connectivity index (χ4v) is 2.07. The lowest BCUT2D eigenvalue weighted by atomic mass is 10.1. The van der Waals surface area contributed by atoms with E-state index in [4.69, 9.17) is 5.73 Å². The normalized spacial score (nSPS) is 11.8. The standard InChI is InChI=1S/C17H20N2O/c18-16(13-15-9-5-2-6-10-15)17(20)19-12-11-14-7-3-1-4-8-14/h1-10,16H,11-13,18H2,(H,19,20)/t16-/m0/s1. The molecule has 0 unspecified atom stereocenters. The first-order chi connectivity index (χ1) is 9.75. The summed E-state index contributed by atoms with van der Waals surface area (Å²) in [5.74, 6) is -0.0928. The minimum atomic E-state index is -0.492. The highest BCUT2D eigenvalue weighted by Crippen LogP contribution is 2.02. The van der Waals surface area contributed by atoms with Crippen molar-refractivity contribution in [2.75, 3.05) is 6.54 Å².